The van der Waals surface area contributed by atoms with Gasteiger partial charge in [-0.05, 0) is 40.6 Å². The fourth-order valence-electron chi connectivity index (χ4n) is 1.99. The highest BCUT2D eigenvalue weighted by molar-refractivity contribution is 7.07. The van der Waals surface area contributed by atoms with Crippen molar-refractivity contribution in [2.24, 2.45) is 0 Å². The maximum absolute atomic E-state index is 5.95. The van der Waals surface area contributed by atoms with E-state index in [9.17, 15) is 0 Å². The van der Waals surface area contributed by atoms with Crippen LogP contribution in [0.5, 0.6) is 11.5 Å². The molecule has 0 atom stereocenters. The number of rotatable bonds is 8. The van der Waals surface area contributed by atoms with Gasteiger partial charge in [0.1, 0.15) is 11.5 Å². The van der Waals surface area contributed by atoms with Crippen LogP contribution in [0, 0.1) is 0 Å². The minimum absolute atomic E-state index is 0.440. The van der Waals surface area contributed by atoms with Crippen LogP contribution in [0.25, 0.3) is 0 Å². The molecule has 0 amide bonds. The Morgan fingerprint density at radius 2 is 2.10 bits per heavy atom. The van der Waals surface area contributed by atoms with Crippen LogP contribution in [-0.4, -0.2) is 19.8 Å². The predicted octanol–water partition coefficient (Wildman–Crippen LogP) is 3.88. The van der Waals surface area contributed by atoms with E-state index in [-0.39, 0.29) is 0 Å². The second-order valence-corrected chi connectivity index (χ2v) is 6.02. The number of hydrogen-bond donors (Lipinski definition) is 1. The fourth-order valence-corrected chi connectivity index (χ4v) is 2.69. The minimum Gasteiger partial charge on any atom is -0.497 e. The van der Waals surface area contributed by atoms with Crippen LogP contribution in [0.3, 0.4) is 0 Å². The summed E-state index contributed by atoms with van der Waals surface area (Å²) in [5.41, 5.74) is 2.46. The van der Waals surface area contributed by atoms with E-state index in [1.807, 2.05) is 18.2 Å². The smallest absolute Gasteiger partial charge is 0.124 e. The molecule has 1 aromatic heterocycles. The Morgan fingerprint density at radius 3 is 2.76 bits per heavy atom. The van der Waals surface area contributed by atoms with Gasteiger partial charge in [-0.2, -0.15) is 11.3 Å². The summed E-state index contributed by atoms with van der Waals surface area (Å²) in [7, 11) is 1.69. The summed E-state index contributed by atoms with van der Waals surface area (Å²) in [5, 5.41) is 7.69. The van der Waals surface area contributed by atoms with Crippen molar-refractivity contribution < 1.29 is 9.47 Å². The van der Waals surface area contributed by atoms with Crippen molar-refractivity contribution in [3.8, 4) is 11.5 Å². The fraction of sp³-hybridized carbons (Fsp3) is 0.412. The Balaban J connectivity index is 1.98. The van der Waals surface area contributed by atoms with Crippen molar-refractivity contribution in [1.82, 2.24) is 5.32 Å². The molecule has 3 nitrogen and oxygen atoms in total. The zero-order valence-corrected chi connectivity index (χ0v) is 13.7. The van der Waals surface area contributed by atoms with E-state index in [4.69, 9.17) is 9.47 Å². The third kappa shape index (κ3) is 5.06. The average molecular weight is 305 g/mol. The lowest BCUT2D eigenvalue weighted by Gasteiger charge is -2.15. The maximum Gasteiger partial charge on any atom is 0.124 e. The molecule has 0 fully saturated rings. The van der Waals surface area contributed by atoms with Gasteiger partial charge in [-0.25, -0.2) is 0 Å². The summed E-state index contributed by atoms with van der Waals surface area (Å²) in [6.07, 6.45) is 0.937. The Labute approximate surface area is 130 Å². The molecule has 0 saturated carbocycles. The molecule has 0 aliphatic carbocycles. The molecule has 0 radical (unpaired) electrons. The Morgan fingerprint density at radius 1 is 1.24 bits per heavy atom. The van der Waals surface area contributed by atoms with Gasteiger partial charge < -0.3 is 14.8 Å². The molecule has 2 rings (SSSR count). The van der Waals surface area contributed by atoms with E-state index in [1.54, 1.807) is 18.4 Å². The lowest BCUT2D eigenvalue weighted by Crippen LogP contribution is -2.22. The Bertz CT molecular complexity index is 538. The van der Waals surface area contributed by atoms with Crippen molar-refractivity contribution in [1.29, 1.82) is 0 Å². The quantitative estimate of drug-likeness (QED) is 0.803. The Kier molecular flexibility index (Phi) is 6.08. The maximum atomic E-state index is 5.95. The molecule has 0 unspecified atom stereocenters. The van der Waals surface area contributed by atoms with E-state index in [1.165, 1.54) is 5.56 Å². The molecule has 0 saturated heterocycles. The summed E-state index contributed by atoms with van der Waals surface area (Å²) < 4.78 is 11.2. The summed E-state index contributed by atoms with van der Waals surface area (Å²) in [5.74, 6) is 1.79. The van der Waals surface area contributed by atoms with Gasteiger partial charge in [0.15, 0.2) is 0 Å². The summed E-state index contributed by atoms with van der Waals surface area (Å²) in [6.45, 7) is 5.74. The molecular weight excluding hydrogens is 282 g/mol. The van der Waals surface area contributed by atoms with E-state index < -0.39 is 0 Å². The summed E-state index contributed by atoms with van der Waals surface area (Å²) in [4.78, 5) is 0. The molecule has 4 heteroatoms. The van der Waals surface area contributed by atoms with Crippen molar-refractivity contribution in [3.05, 3.63) is 46.2 Å². The van der Waals surface area contributed by atoms with Gasteiger partial charge in [0.2, 0.25) is 0 Å². The van der Waals surface area contributed by atoms with Gasteiger partial charge in [0, 0.05) is 24.6 Å². The largest absolute Gasteiger partial charge is 0.497 e. The van der Waals surface area contributed by atoms with Crippen LogP contribution in [-0.2, 0) is 13.0 Å². The minimum atomic E-state index is 0.440. The molecular formula is C17H23NO2S. The zero-order valence-electron chi connectivity index (χ0n) is 12.9. The topological polar surface area (TPSA) is 30.5 Å². The second-order valence-electron chi connectivity index (χ2n) is 5.24. The first-order valence-corrected chi connectivity index (χ1v) is 8.17. The molecule has 1 aromatic carbocycles. The van der Waals surface area contributed by atoms with Crippen LogP contribution in [0.2, 0.25) is 0 Å². The van der Waals surface area contributed by atoms with Gasteiger partial charge in [-0.15, -0.1) is 0 Å². The van der Waals surface area contributed by atoms with Crippen molar-refractivity contribution in [3.63, 3.8) is 0 Å². The zero-order chi connectivity index (χ0) is 15.1. The molecule has 0 aliphatic rings. The van der Waals surface area contributed by atoms with Crippen LogP contribution >= 0.6 is 11.3 Å². The van der Waals surface area contributed by atoms with Gasteiger partial charge in [-0.3, -0.25) is 0 Å². The van der Waals surface area contributed by atoms with Gasteiger partial charge in [0.05, 0.1) is 13.7 Å². The summed E-state index contributed by atoms with van der Waals surface area (Å²) in [6, 6.07) is 8.55. The van der Waals surface area contributed by atoms with Crippen LogP contribution in [0.15, 0.2) is 35.0 Å². The number of hydrogen-bond acceptors (Lipinski definition) is 4. The average Bonchev–Trinajstić information content (AvgIpc) is 2.99. The van der Waals surface area contributed by atoms with Crippen LogP contribution in [0.4, 0.5) is 0 Å². The highest BCUT2D eigenvalue weighted by atomic mass is 32.1. The lowest BCUT2D eigenvalue weighted by atomic mass is 10.1. The lowest BCUT2D eigenvalue weighted by molar-refractivity contribution is 0.316. The van der Waals surface area contributed by atoms with Crippen LogP contribution < -0.4 is 14.8 Å². The van der Waals surface area contributed by atoms with E-state index >= 15 is 0 Å². The number of benzene rings is 1. The molecule has 0 bridgehead atoms. The van der Waals surface area contributed by atoms with Crippen LogP contribution in [0.1, 0.15) is 25.0 Å². The molecule has 1 N–H and O–H groups in total. The highest BCUT2D eigenvalue weighted by Crippen LogP contribution is 2.24. The molecule has 2 aromatic rings. The summed E-state index contributed by atoms with van der Waals surface area (Å²) >= 11 is 1.72. The first-order valence-electron chi connectivity index (χ1n) is 7.23. The van der Waals surface area contributed by atoms with Crippen molar-refractivity contribution in [2.75, 3.05) is 13.7 Å². The number of methoxy groups -OCH3 is 1. The standard InChI is InChI=1S/C17H23NO2S/c1-13(2)18-11-15-10-16(19-3)4-5-17(15)20-8-6-14-7-9-21-12-14/h4-5,7,9-10,12-13,18H,6,8,11H2,1-3H3. The van der Waals surface area contributed by atoms with Crippen molar-refractivity contribution in [2.45, 2.75) is 32.9 Å². The predicted molar refractivity (Wildman–Crippen MR) is 88.5 cm³/mol. The van der Waals surface area contributed by atoms with Gasteiger partial charge in [0.25, 0.3) is 0 Å². The molecule has 0 aliphatic heterocycles. The van der Waals surface area contributed by atoms with Crippen molar-refractivity contribution >= 4 is 11.3 Å². The first kappa shape index (κ1) is 15.9. The second kappa shape index (κ2) is 8.05. The SMILES string of the molecule is COc1ccc(OCCc2ccsc2)c(CNC(C)C)c1. The molecule has 1 heterocycles. The molecule has 21 heavy (non-hydrogen) atoms. The van der Waals surface area contributed by atoms with Gasteiger partial charge >= 0.3 is 0 Å². The van der Waals surface area contributed by atoms with E-state index in [0.29, 0.717) is 12.6 Å². The molecule has 0 spiro atoms. The number of ether oxygens (including phenoxy) is 2. The normalized spacial score (nSPS) is 10.9. The molecule has 114 valence electrons. The first-order chi connectivity index (χ1) is 10.2. The number of thiophene rings is 1. The van der Waals surface area contributed by atoms with E-state index in [2.05, 4.69) is 36.0 Å². The van der Waals surface area contributed by atoms with E-state index in [0.717, 1.165) is 30.0 Å². The third-order valence-electron chi connectivity index (χ3n) is 3.20. The highest BCUT2D eigenvalue weighted by Gasteiger charge is 2.07. The third-order valence-corrected chi connectivity index (χ3v) is 3.93. The monoisotopic (exact) mass is 305 g/mol. The van der Waals surface area contributed by atoms with Gasteiger partial charge in [-0.1, -0.05) is 13.8 Å². The Hall–Kier alpha value is -1.52. The number of nitrogens with one attached hydrogen (secondary N) is 1.